The summed E-state index contributed by atoms with van der Waals surface area (Å²) in [6.45, 7) is 4.50. The number of nitrogens with two attached hydrogens (primary N) is 1. The largest absolute Gasteiger partial charge is 0.354 e. The summed E-state index contributed by atoms with van der Waals surface area (Å²) in [6.07, 6.45) is 4.96. The number of nitrogens with one attached hydrogen (secondary N) is 2. The highest BCUT2D eigenvalue weighted by atomic mass is 35.5. The van der Waals surface area contributed by atoms with Gasteiger partial charge in [-0.25, -0.2) is 4.79 Å². The Morgan fingerprint density at radius 2 is 1.88 bits per heavy atom. The third-order valence-electron chi connectivity index (χ3n) is 5.31. The summed E-state index contributed by atoms with van der Waals surface area (Å²) in [6, 6.07) is -0.375. The summed E-state index contributed by atoms with van der Waals surface area (Å²) in [5.41, 5.74) is 5.04. The molecule has 1 saturated carbocycles. The lowest BCUT2D eigenvalue weighted by atomic mass is 9.94. The van der Waals surface area contributed by atoms with E-state index >= 15 is 0 Å². The van der Waals surface area contributed by atoms with Crippen molar-refractivity contribution >= 4 is 30.3 Å². The second-order valence-electron chi connectivity index (χ2n) is 6.77. The van der Waals surface area contributed by atoms with E-state index in [1.54, 1.807) is 0 Å². The highest BCUT2D eigenvalue weighted by molar-refractivity contribution is 6.07. The van der Waals surface area contributed by atoms with Gasteiger partial charge in [0.15, 0.2) is 0 Å². The molecule has 2 rings (SSSR count). The van der Waals surface area contributed by atoms with Gasteiger partial charge in [0.25, 0.3) is 5.91 Å². The topological polar surface area (TPSA) is 105 Å². The molecule has 7 nitrogen and oxygen atoms in total. The van der Waals surface area contributed by atoms with Crippen molar-refractivity contribution in [3.8, 4) is 0 Å². The van der Waals surface area contributed by atoms with Crippen LogP contribution >= 0.6 is 12.4 Å². The van der Waals surface area contributed by atoms with E-state index in [0.29, 0.717) is 19.4 Å². The summed E-state index contributed by atoms with van der Waals surface area (Å²) >= 11 is 0. The Kier molecular flexibility index (Phi) is 7.04. The van der Waals surface area contributed by atoms with Crippen LogP contribution in [-0.2, 0) is 9.59 Å². The SMILES string of the molecule is CCC(N)(CC)CNC(=O)CCN1C(=O)NC2(CCCC2)C1=O.Cl. The van der Waals surface area contributed by atoms with Crippen molar-refractivity contribution in [3.63, 3.8) is 0 Å². The molecule has 8 heteroatoms. The lowest BCUT2D eigenvalue weighted by Crippen LogP contribution is -2.49. The van der Waals surface area contributed by atoms with Gasteiger partial charge >= 0.3 is 6.03 Å². The number of carbonyl (C=O) groups is 3. The maximum absolute atomic E-state index is 12.5. The Hall–Kier alpha value is -1.34. The van der Waals surface area contributed by atoms with E-state index in [4.69, 9.17) is 5.73 Å². The van der Waals surface area contributed by atoms with Crippen LogP contribution in [0.15, 0.2) is 0 Å². The molecule has 0 unspecified atom stereocenters. The van der Waals surface area contributed by atoms with E-state index in [-0.39, 0.29) is 43.2 Å². The molecule has 0 bridgehead atoms. The molecular weight excluding hydrogens is 332 g/mol. The lowest BCUT2D eigenvalue weighted by Gasteiger charge is -2.27. The number of nitrogens with zero attached hydrogens (tertiary/aromatic N) is 1. The fraction of sp³-hybridized carbons (Fsp3) is 0.812. The van der Waals surface area contributed by atoms with E-state index in [1.165, 1.54) is 4.90 Å². The monoisotopic (exact) mass is 360 g/mol. The van der Waals surface area contributed by atoms with Crippen molar-refractivity contribution in [2.45, 2.75) is 69.9 Å². The highest BCUT2D eigenvalue weighted by Crippen LogP contribution is 2.34. The molecule has 1 spiro atoms. The number of rotatable bonds is 7. The van der Waals surface area contributed by atoms with Gasteiger partial charge in [-0.3, -0.25) is 14.5 Å². The second-order valence-corrected chi connectivity index (χ2v) is 6.77. The van der Waals surface area contributed by atoms with Crippen LogP contribution in [0.5, 0.6) is 0 Å². The third kappa shape index (κ3) is 4.19. The minimum Gasteiger partial charge on any atom is -0.354 e. The highest BCUT2D eigenvalue weighted by Gasteiger charge is 2.52. The molecule has 0 aromatic carbocycles. The van der Waals surface area contributed by atoms with Gasteiger partial charge in [0, 0.05) is 25.0 Å². The molecule has 4 amide bonds. The van der Waals surface area contributed by atoms with Crippen LogP contribution in [0.3, 0.4) is 0 Å². The van der Waals surface area contributed by atoms with Crippen molar-refractivity contribution < 1.29 is 14.4 Å². The Labute approximate surface area is 149 Å². The first-order chi connectivity index (χ1) is 10.9. The Morgan fingerprint density at radius 1 is 1.29 bits per heavy atom. The normalized spacial score (nSPS) is 19.4. The van der Waals surface area contributed by atoms with Gasteiger partial charge in [-0.2, -0.15) is 0 Å². The van der Waals surface area contributed by atoms with Gasteiger partial charge in [0.1, 0.15) is 5.54 Å². The number of hydrogen-bond acceptors (Lipinski definition) is 4. The Morgan fingerprint density at radius 3 is 2.42 bits per heavy atom. The average Bonchev–Trinajstić information content (AvgIpc) is 3.10. The fourth-order valence-corrected chi connectivity index (χ4v) is 3.27. The number of imide groups is 1. The standard InChI is InChI=1S/C16H28N4O3.ClH/c1-3-15(17,4-2)11-18-12(21)7-10-20-13(22)16(19-14(20)23)8-5-6-9-16;/h3-11,17H2,1-2H3,(H,18,21)(H,19,23);1H. The first kappa shape index (κ1) is 20.7. The fourth-order valence-electron chi connectivity index (χ4n) is 3.27. The van der Waals surface area contributed by atoms with Gasteiger partial charge in [-0.15, -0.1) is 12.4 Å². The van der Waals surface area contributed by atoms with E-state index in [0.717, 1.165) is 25.7 Å². The minimum atomic E-state index is -0.704. The first-order valence-corrected chi connectivity index (χ1v) is 8.55. The summed E-state index contributed by atoms with van der Waals surface area (Å²) in [5.74, 6) is -0.363. The number of urea groups is 1. The molecule has 4 N–H and O–H groups in total. The minimum absolute atomic E-state index is 0. The van der Waals surface area contributed by atoms with E-state index < -0.39 is 11.1 Å². The molecule has 1 aliphatic carbocycles. The quantitative estimate of drug-likeness (QED) is 0.595. The van der Waals surface area contributed by atoms with Crippen molar-refractivity contribution in [3.05, 3.63) is 0 Å². The first-order valence-electron chi connectivity index (χ1n) is 8.55. The zero-order valence-electron chi connectivity index (χ0n) is 14.5. The lowest BCUT2D eigenvalue weighted by molar-refractivity contribution is -0.131. The molecule has 0 radical (unpaired) electrons. The van der Waals surface area contributed by atoms with Gasteiger partial charge in [-0.05, 0) is 25.7 Å². The molecule has 24 heavy (non-hydrogen) atoms. The zero-order chi connectivity index (χ0) is 17.1. The Bertz CT molecular complexity index is 488. The molecule has 0 atom stereocenters. The van der Waals surface area contributed by atoms with Crippen molar-refractivity contribution in [2.24, 2.45) is 5.73 Å². The molecule has 0 aromatic rings. The van der Waals surface area contributed by atoms with Crippen molar-refractivity contribution in [1.29, 1.82) is 0 Å². The predicted molar refractivity (Wildman–Crippen MR) is 93.8 cm³/mol. The summed E-state index contributed by atoms with van der Waals surface area (Å²) < 4.78 is 0. The van der Waals surface area contributed by atoms with E-state index in [9.17, 15) is 14.4 Å². The van der Waals surface area contributed by atoms with Gasteiger partial charge in [0.05, 0.1) is 0 Å². The van der Waals surface area contributed by atoms with Crippen LogP contribution in [0.25, 0.3) is 0 Å². The summed E-state index contributed by atoms with van der Waals surface area (Å²) in [5, 5.41) is 5.62. The van der Waals surface area contributed by atoms with E-state index in [1.807, 2.05) is 13.8 Å². The molecular formula is C16H29ClN4O3. The number of halogens is 1. The second kappa shape index (κ2) is 8.16. The summed E-state index contributed by atoms with van der Waals surface area (Å²) in [7, 11) is 0. The van der Waals surface area contributed by atoms with Gasteiger partial charge in [-0.1, -0.05) is 26.7 Å². The van der Waals surface area contributed by atoms with Crippen molar-refractivity contribution in [2.75, 3.05) is 13.1 Å². The Balaban J connectivity index is 0.00000288. The number of hydrogen-bond donors (Lipinski definition) is 3. The molecule has 1 aliphatic heterocycles. The van der Waals surface area contributed by atoms with Gasteiger partial charge in [0.2, 0.25) is 5.91 Å². The van der Waals surface area contributed by atoms with Crippen LogP contribution in [0.4, 0.5) is 4.79 Å². The molecule has 138 valence electrons. The molecule has 2 aliphatic rings. The maximum Gasteiger partial charge on any atom is 0.325 e. The van der Waals surface area contributed by atoms with Crippen LogP contribution in [0, 0.1) is 0 Å². The molecule has 2 fully saturated rings. The predicted octanol–water partition coefficient (Wildman–Crippen LogP) is 1.30. The zero-order valence-corrected chi connectivity index (χ0v) is 15.3. The third-order valence-corrected chi connectivity index (χ3v) is 5.31. The van der Waals surface area contributed by atoms with Crippen LogP contribution in [0.1, 0.15) is 58.8 Å². The summed E-state index contributed by atoms with van der Waals surface area (Å²) in [4.78, 5) is 37.6. The molecule has 1 saturated heterocycles. The average molecular weight is 361 g/mol. The van der Waals surface area contributed by atoms with Crippen LogP contribution in [0.2, 0.25) is 0 Å². The maximum atomic E-state index is 12.5. The molecule has 0 aromatic heterocycles. The molecule has 1 heterocycles. The number of carbonyl (C=O) groups excluding carboxylic acids is 3. The van der Waals surface area contributed by atoms with Crippen molar-refractivity contribution in [1.82, 2.24) is 15.5 Å². The van der Waals surface area contributed by atoms with Crippen LogP contribution < -0.4 is 16.4 Å². The van der Waals surface area contributed by atoms with Gasteiger partial charge < -0.3 is 16.4 Å². The van der Waals surface area contributed by atoms with E-state index in [2.05, 4.69) is 10.6 Å². The number of amides is 4. The van der Waals surface area contributed by atoms with Crippen LogP contribution in [-0.4, -0.2) is 46.9 Å². The smallest absolute Gasteiger partial charge is 0.325 e.